The highest BCUT2D eigenvalue weighted by Crippen LogP contribution is 2.49. The van der Waals surface area contributed by atoms with Gasteiger partial charge in [0.25, 0.3) is 0 Å². The molecule has 1 aromatic rings. The maximum Gasteiger partial charge on any atom is 0.336 e. The summed E-state index contributed by atoms with van der Waals surface area (Å²) in [4.78, 5) is 31.1. The molecule has 0 aliphatic heterocycles. The number of carboxylic acids is 1. The van der Waals surface area contributed by atoms with E-state index in [4.69, 9.17) is 16.4 Å². The Labute approximate surface area is 147 Å². The average molecular weight is 400 g/mol. The second-order valence-electron chi connectivity index (χ2n) is 5.69. The van der Waals surface area contributed by atoms with Crippen LogP contribution in [-0.2, 0) is 16.0 Å². The van der Waals surface area contributed by atoms with Crippen LogP contribution in [0.1, 0.15) is 47.7 Å². The summed E-state index contributed by atoms with van der Waals surface area (Å²) in [7, 11) is 0. The molecule has 0 bridgehead atoms. The van der Waals surface area contributed by atoms with E-state index in [1.807, 2.05) is 6.79 Å². The fourth-order valence-corrected chi connectivity index (χ4v) is 4.21. The van der Waals surface area contributed by atoms with Crippen LogP contribution in [0.4, 0.5) is 0 Å². The first-order valence-corrected chi connectivity index (χ1v) is 8.32. The first kappa shape index (κ1) is 17.9. The lowest BCUT2D eigenvalue weighted by Gasteiger charge is -2.22. The molecule has 1 aromatic carbocycles. The van der Waals surface area contributed by atoms with E-state index in [0.717, 1.165) is 34.9 Å². The van der Waals surface area contributed by atoms with Crippen molar-refractivity contribution in [1.29, 1.82) is 0 Å². The number of Topliss-reactive ketones (excluding diaryl/α,β-unsaturated/α-hetero) is 1. The zero-order valence-corrected chi connectivity index (χ0v) is 15.0. The van der Waals surface area contributed by atoms with Gasteiger partial charge in [-0.05, 0) is 71.3 Å². The molecule has 0 aromatic heterocycles. The van der Waals surface area contributed by atoms with Crippen LogP contribution >= 0.6 is 27.5 Å². The van der Waals surface area contributed by atoms with Gasteiger partial charge < -0.3 is 9.90 Å². The second kappa shape index (κ2) is 6.97. The lowest BCUT2D eigenvalue weighted by Crippen LogP contribution is -2.15. The molecule has 0 radical (unpaired) electrons. The molecule has 122 valence electrons. The van der Waals surface area contributed by atoms with Gasteiger partial charge in [-0.3, -0.25) is 4.79 Å². The highest BCUT2D eigenvalue weighted by molar-refractivity contribution is 9.10. The average Bonchev–Trinajstić information content (AvgIpc) is 2.91. The van der Waals surface area contributed by atoms with E-state index in [-0.39, 0.29) is 17.3 Å². The molecule has 2 aliphatic carbocycles. The van der Waals surface area contributed by atoms with Gasteiger partial charge in [0.05, 0.1) is 10.6 Å². The Morgan fingerprint density at radius 3 is 2.61 bits per heavy atom. The summed E-state index contributed by atoms with van der Waals surface area (Å²) in [5, 5.41) is 9.82. The van der Waals surface area contributed by atoms with Crippen molar-refractivity contribution >= 4 is 51.6 Å². The van der Waals surface area contributed by atoms with Gasteiger partial charge in [-0.1, -0.05) is 17.2 Å². The van der Waals surface area contributed by atoms with Gasteiger partial charge in [0.1, 0.15) is 12.6 Å². The third-order valence-electron chi connectivity index (χ3n) is 4.49. The Morgan fingerprint density at radius 1 is 1.39 bits per heavy atom. The third kappa shape index (κ3) is 3.12. The van der Waals surface area contributed by atoms with E-state index in [1.165, 1.54) is 17.2 Å². The number of fused-ring (bicyclic) bond motifs is 2. The van der Waals surface area contributed by atoms with Crippen LogP contribution in [0.5, 0.6) is 0 Å². The van der Waals surface area contributed by atoms with Crippen molar-refractivity contribution < 1.29 is 19.5 Å². The molecule has 1 N–H and O–H groups in total. The molecule has 23 heavy (non-hydrogen) atoms. The van der Waals surface area contributed by atoms with Gasteiger partial charge in [0.15, 0.2) is 0 Å². The van der Waals surface area contributed by atoms with Crippen molar-refractivity contribution in [2.45, 2.75) is 32.6 Å². The predicted molar refractivity (Wildman–Crippen MR) is 91.9 cm³/mol. The number of carbonyl (C=O) groups excluding carboxylic acids is 2. The summed E-state index contributed by atoms with van der Waals surface area (Å²) < 4.78 is 0.774. The van der Waals surface area contributed by atoms with E-state index in [2.05, 4.69) is 15.9 Å². The van der Waals surface area contributed by atoms with Crippen LogP contribution in [0.2, 0.25) is 5.02 Å². The molecule has 3 rings (SSSR count). The van der Waals surface area contributed by atoms with Crippen LogP contribution in [0.15, 0.2) is 16.1 Å². The minimum absolute atomic E-state index is 0.0700. The molecular formula is C17H16BrClO4. The van der Waals surface area contributed by atoms with Crippen LogP contribution in [0, 0.1) is 5.92 Å². The molecule has 0 saturated carbocycles. The zero-order chi connectivity index (χ0) is 17.3. The van der Waals surface area contributed by atoms with Crippen LogP contribution < -0.4 is 0 Å². The molecule has 0 spiro atoms. The standard InChI is InChI=1S/C16H14BrClO3.CH2O/c1-7(19)8-2-3-10-9(4-8)5-11-12(16(20)21)6-13(18)15(17)14(10)11;1-2/h6,8H,2-5H2,1H3,(H,20,21);1H2. The molecule has 4 nitrogen and oxygen atoms in total. The van der Waals surface area contributed by atoms with Gasteiger partial charge in [0.2, 0.25) is 0 Å². The topological polar surface area (TPSA) is 71.4 Å². The minimum Gasteiger partial charge on any atom is -0.478 e. The van der Waals surface area contributed by atoms with E-state index < -0.39 is 5.97 Å². The Balaban J connectivity index is 0.000000924. The summed E-state index contributed by atoms with van der Waals surface area (Å²) in [5.41, 5.74) is 4.41. The van der Waals surface area contributed by atoms with Gasteiger partial charge in [-0.25, -0.2) is 4.79 Å². The Bertz CT molecular complexity index is 724. The van der Waals surface area contributed by atoms with E-state index in [0.29, 0.717) is 11.4 Å². The van der Waals surface area contributed by atoms with E-state index >= 15 is 0 Å². The molecule has 6 heteroatoms. The fraction of sp³-hybridized carbons (Fsp3) is 0.353. The molecule has 0 saturated heterocycles. The van der Waals surface area contributed by atoms with Gasteiger partial charge in [0, 0.05) is 10.4 Å². The van der Waals surface area contributed by atoms with Crippen LogP contribution in [-0.4, -0.2) is 23.6 Å². The predicted octanol–water partition coefficient (Wildman–Crippen LogP) is 4.31. The number of allylic oxidation sites excluding steroid dienone is 2. The quantitative estimate of drug-likeness (QED) is 0.804. The van der Waals surface area contributed by atoms with E-state index in [1.54, 1.807) is 6.92 Å². The number of carboxylic acid groups (broad SMARTS) is 1. The summed E-state index contributed by atoms with van der Waals surface area (Å²) in [6.07, 6.45) is 2.99. The van der Waals surface area contributed by atoms with Crippen molar-refractivity contribution in [2.24, 2.45) is 5.92 Å². The highest BCUT2D eigenvalue weighted by atomic mass is 79.9. The SMILES string of the molecule is C=O.CC(=O)C1CCC2=C(Cc3c(C(=O)O)cc(Cl)c(Br)c32)C1. The number of ketones is 1. The Hall–Kier alpha value is -1.46. The number of hydrogen-bond donors (Lipinski definition) is 1. The molecule has 2 aliphatic rings. The lowest BCUT2D eigenvalue weighted by molar-refractivity contribution is -0.121. The molecular weight excluding hydrogens is 384 g/mol. The molecule has 0 heterocycles. The van der Waals surface area contributed by atoms with Crippen LogP contribution in [0.3, 0.4) is 0 Å². The summed E-state index contributed by atoms with van der Waals surface area (Å²) in [6.45, 7) is 3.63. The number of benzene rings is 1. The molecule has 1 unspecified atom stereocenters. The van der Waals surface area contributed by atoms with Crippen LogP contribution in [0.25, 0.3) is 5.57 Å². The normalized spacial score (nSPS) is 18.7. The second-order valence-corrected chi connectivity index (χ2v) is 6.89. The third-order valence-corrected chi connectivity index (χ3v) is 5.84. The van der Waals surface area contributed by atoms with Crippen molar-refractivity contribution in [1.82, 2.24) is 0 Å². The van der Waals surface area contributed by atoms with Gasteiger partial charge in [-0.2, -0.15) is 0 Å². The minimum atomic E-state index is -0.955. The smallest absolute Gasteiger partial charge is 0.336 e. The number of halogens is 2. The Kier molecular flexibility index (Phi) is 5.42. The van der Waals surface area contributed by atoms with Gasteiger partial charge >= 0.3 is 5.97 Å². The summed E-state index contributed by atoms with van der Waals surface area (Å²) in [5.74, 6) is -0.669. The van der Waals surface area contributed by atoms with Crippen molar-refractivity contribution in [3.8, 4) is 0 Å². The maximum absolute atomic E-state index is 11.6. The largest absolute Gasteiger partial charge is 0.478 e. The number of aromatic carboxylic acids is 1. The first-order chi connectivity index (χ1) is 10.9. The number of rotatable bonds is 2. The molecule has 0 amide bonds. The maximum atomic E-state index is 11.6. The number of carbonyl (C=O) groups is 3. The zero-order valence-electron chi connectivity index (χ0n) is 12.6. The summed E-state index contributed by atoms with van der Waals surface area (Å²) >= 11 is 9.66. The van der Waals surface area contributed by atoms with Gasteiger partial charge in [-0.15, -0.1) is 0 Å². The molecule has 1 atom stereocenters. The highest BCUT2D eigenvalue weighted by Gasteiger charge is 2.34. The van der Waals surface area contributed by atoms with Crippen molar-refractivity contribution in [3.05, 3.63) is 37.8 Å². The monoisotopic (exact) mass is 398 g/mol. The lowest BCUT2D eigenvalue weighted by atomic mass is 9.82. The Morgan fingerprint density at radius 2 is 2.04 bits per heavy atom. The number of hydrogen-bond acceptors (Lipinski definition) is 3. The van der Waals surface area contributed by atoms with Crippen molar-refractivity contribution in [2.75, 3.05) is 0 Å². The first-order valence-electron chi connectivity index (χ1n) is 7.15. The van der Waals surface area contributed by atoms with Crippen molar-refractivity contribution in [3.63, 3.8) is 0 Å². The fourth-order valence-electron chi connectivity index (χ4n) is 3.41. The summed E-state index contributed by atoms with van der Waals surface area (Å²) in [6, 6.07) is 1.51. The molecule has 0 fully saturated rings. The van der Waals surface area contributed by atoms with E-state index in [9.17, 15) is 14.7 Å².